The molecule has 28 heavy (non-hydrogen) atoms. The second-order valence-electron chi connectivity index (χ2n) is 6.54. The first kappa shape index (κ1) is 17.9. The van der Waals surface area contributed by atoms with E-state index in [4.69, 9.17) is 19.2 Å². The van der Waals surface area contributed by atoms with Crippen molar-refractivity contribution in [3.63, 3.8) is 0 Å². The summed E-state index contributed by atoms with van der Waals surface area (Å²) in [5.74, 6) is 1.59. The van der Waals surface area contributed by atoms with Gasteiger partial charge in [-0.15, -0.1) is 0 Å². The van der Waals surface area contributed by atoms with Gasteiger partial charge in [-0.1, -0.05) is 30.3 Å². The second kappa shape index (κ2) is 7.24. The molecule has 0 aliphatic heterocycles. The summed E-state index contributed by atoms with van der Waals surface area (Å²) in [6.45, 7) is 0. The summed E-state index contributed by atoms with van der Waals surface area (Å²) in [7, 11) is 4.75. The first-order chi connectivity index (χ1) is 13.7. The fourth-order valence-electron chi connectivity index (χ4n) is 3.86. The number of nitriles is 1. The zero-order valence-electron chi connectivity index (χ0n) is 16.1. The normalized spacial score (nSPS) is 11.8. The summed E-state index contributed by atoms with van der Waals surface area (Å²) in [5, 5.41) is 9.89. The van der Waals surface area contributed by atoms with Gasteiger partial charge in [0.15, 0.2) is 11.5 Å². The van der Waals surface area contributed by atoms with E-state index in [9.17, 15) is 5.26 Å². The van der Waals surface area contributed by atoms with E-state index in [-0.39, 0.29) is 0 Å². The number of fused-ring (bicyclic) bond motifs is 3. The first-order valence-corrected chi connectivity index (χ1v) is 9.03. The Morgan fingerprint density at radius 3 is 2.43 bits per heavy atom. The highest BCUT2D eigenvalue weighted by atomic mass is 16.5. The Morgan fingerprint density at radius 1 is 0.929 bits per heavy atom. The standard InChI is InChI=1S/C23H20N2O3/c1-26-19-11-9-15(12-20(19)27-2)21-17-10-8-14-6-4-5-7-16(14)22(17)25-23(28-3)18(21)13-24/h4-7,9,11-12H,8,10H2,1-3H3. The SMILES string of the molecule is COc1ccc(-c2c(C#N)c(OC)nc3c2CCc2ccccc2-3)cc1OC. The Bertz CT molecular complexity index is 1100. The van der Waals surface area contributed by atoms with E-state index in [0.717, 1.165) is 40.8 Å². The lowest BCUT2D eigenvalue weighted by Gasteiger charge is -2.24. The minimum atomic E-state index is 0.336. The van der Waals surface area contributed by atoms with Crippen LogP contribution in [0.2, 0.25) is 0 Å². The first-order valence-electron chi connectivity index (χ1n) is 9.03. The van der Waals surface area contributed by atoms with Crippen LogP contribution in [0.25, 0.3) is 22.4 Å². The summed E-state index contributed by atoms with van der Waals surface area (Å²) in [6, 6.07) is 16.2. The molecule has 1 aromatic heterocycles. The van der Waals surface area contributed by atoms with Crippen LogP contribution in [0.5, 0.6) is 17.4 Å². The monoisotopic (exact) mass is 372 g/mol. The van der Waals surface area contributed by atoms with Crippen LogP contribution in [0.4, 0.5) is 0 Å². The molecule has 0 radical (unpaired) electrons. The Morgan fingerprint density at radius 2 is 1.71 bits per heavy atom. The maximum Gasteiger partial charge on any atom is 0.232 e. The fourth-order valence-corrected chi connectivity index (χ4v) is 3.86. The number of benzene rings is 2. The lowest BCUT2D eigenvalue weighted by molar-refractivity contribution is 0.355. The van der Waals surface area contributed by atoms with E-state index in [2.05, 4.69) is 18.2 Å². The highest BCUT2D eigenvalue weighted by molar-refractivity contribution is 5.85. The van der Waals surface area contributed by atoms with Crippen LogP contribution in [0.1, 0.15) is 16.7 Å². The number of aryl methyl sites for hydroxylation is 1. The Balaban J connectivity index is 2.04. The Labute approximate surface area is 164 Å². The quantitative estimate of drug-likeness (QED) is 0.679. The third-order valence-electron chi connectivity index (χ3n) is 5.16. The van der Waals surface area contributed by atoms with Gasteiger partial charge in [-0.3, -0.25) is 0 Å². The van der Waals surface area contributed by atoms with Gasteiger partial charge in [0.25, 0.3) is 0 Å². The van der Waals surface area contributed by atoms with Gasteiger partial charge in [0, 0.05) is 11.1 Å². The number of pyridine rings is 1. The average molecular weight is 372 g/mol. The van der Waals surface area contributed by atoms with Crippen molar-refractivity contribution in [3.8, 4) is 45.8 Å². The summed E-state index contributed by atoms with van der Waals surface area (Å²) in [4.78, 5) is 4.71. The Kier molecular flexibility index (Phi) is 4.62. The molecule has 0 saturated heterocycles. The molecule has 0 bridgehead atoms. The molecule has 1 aliphatic carbocycles. The number of rotatable bonds is 4. The highest BCUT2D eigenvalue weighted by Crippen LogP contribution is 2.43. The minimum absolute atomic E-state index is 0.336. The number of aromatic nitrogens is 1. The number of ether oxygens (including phenoxy) is 3. The minimum Gasteiger partial charge on any atom is -0.493 e. The molecule has 0 fully saturated rings. The van der Waals surface area contributed by atoms with Gasteiger partial charge in [0.2, 0.25) is 5.88 Å². The van der Waals surface area contributed by atoms with Crippen LogP contribution in [0.3, 0.4) is 0 Å². The number of methoxy groups -OCH3 is 3. The van der Waals surface area contributed by atoms with Crippen LogP contribution in [0, 0.1) is 11.3 Å². The van der Waals surface area contributed by atoms with E-state index in [1.165, 1.54) is 5.56 Å². The molecular weight excluding hydrogens is 352 g/mol. The van der Waals surface area contributed by atoms with E-state index in [1.807, 2.05) is 30.3 Å². The lowest BCUT2D eigenvalue weighted by atomic mass is 9.83. The van der Waals surface area contributed by atoms with Crippen LogP contribution in [-0.2, 0) is 12.8 Å². The molecule has 0 saturated carbocycles. The smallest absolute Gasteiger partial charge is 0.232 e. The topological polar surface area (TPSA) is 64.4 Å². The van der Waals surface area contributed by atoms with Gasteiger partial charge in [0.05, 0.1) is 27.0 Å². The van der Waals surface area contributed by atoms with Gasteiger partial charge in [-0.2, -0.15) is 5.26 Å². The summed E-state index contributed by atoms with van der Waals surface area (Å²) < 4.78 is 16.3. The maximum atomic E-state index is 9.89. The van der Waals surface area contributed by atoms with Crippen molar-refractivity contribution in [2.24, 2.45) is 0 Å². The van der Waals surface area contributed by atoms with Crippen molar-refractivity contribution in [1.29, 1.82) is 5.26 Å². The number of hydrogen-bond acceptors (Lipinski definition) is 5. The van der Waals surface area contributed by atoms with E-state index in [0.29, 0.717) is 22.9 Å². The molecule has 5 nitrogen and oxygen atoms in total. The zero-order valence-corrected chi connectivity index (χ0v) is 16.1. The molecule has 2 aromatic carbocycles. The van der Waals surface area contributed by atoms with E-state index >= 15 is 0 Å². The van der Waals surface area contributed by atoms with Gasteiger partial charge >= 0.3 is 0 Å². The van der Waals surface area contributed by atoms with Crippen LogP contribution < -0.4 is 14.2 Å². The molecule has 0 atom stereocenters. The van der Waals surface area contributed by atoms with Gasteiger partial charge < -0.3 is 14.2 Å². The summed E-state index contributed by atoms with van der Waals surface area (Å²) in [5.41, 5.74) is 6.45. The van der Waals surface area contributed by atoms with Gasteiger partial charge in [-0.25, -0.2) is 4.98 Å². The fraction of sp³-hybridized carbons (Fsp3) is 0.217. The van der Waals surface area contributed by atoms with Crippen molar-refractivity contribution >= 4 is 0 Å². The van der Waals surface area contributed by atoms with Crippen molar-refractivity contribution in [2.45, 2.75) is 12.8 Å². The predicted octanol–water partition coefficient (Wildman–Crippen LogP) is 4.41. The molecule has 140 valence electrons. The molecular formula is C23H20N2O3. The molecule has 0 N–H and O–H groups in total. The predicted molar refractivity (Wildman–Crippen MR) is 107 cm³/mol. The highest BCUT2D eigenvalue weighted by Gasteiger charge is 2.26. The maximum absolute atomic E-state index is 9.89. The molecule has 5 heteroatoms. The van der Waals surface area contributed by atoms with Crippen molar-refractivity contribution in [1.82, 2.24) is 4.98 Å². The van der Waals surface area contributed by atoms with Crippen LogP contribution >= 0.6 is 0 Å². The molecule has 0 amide bonds. The molecule has 0 unspecified atom stereocenters. The van der Waals surface area contributed by atoms with Crippen LogP contribution in [-0.4, -0.2) is 26.3 Å². The third-order valence-corrected chi connectivity index (χ3v) is 5.16. The van der Waals surface area contributed by atoms with E-state index < -0.39 is 0 Å². The van der Waals surface area contributed by atoms with Crippen molar-refractivity contribution in [3.05, 3.63) is 59.2 Å². The second-order valence-corrected chi connectivity index (χ2v) is 6.54. The summed E-state index contributed by atoms with van der Waals surface area (Å²) in [6.07, 6.45) is 1.71. The molecule has 1 heterocycles. The van der Waals surface area contributed by atoms with Crippen molar-refractivity contribution in [2.75, 3.05) is 21.3 Å². The molecule has 1 aliphatic rings. The lowest BCUT2D eigenvalue weighted by Crippen LogP contribution is -2.10. The van der Waals surface area contributed by atoms with Gasteiger partial charge in [-0.05, 0) is 41.7 Å². The van der Waals surface area contributed by atoms with E-state index in [1.54, 1.807) is 21.3 Å². The molecule has 4 rings (SSSR count). The van der Waals surface area contributed by atoms with Crippen LogP contribution in [0.15, 0.2) is 42.5 Å². The van der Waals surface area contributed by atoms with Crippen molar-refractivity contribution < 1.29 is 14.2 Å². The third kappa shape index (κ3) is 2.74. The molecule has 0 spiro atoms. The zero-order chi connectivity index (χ0) is 19.7. The molecule has 3 aromatic rings. The number of hydrogen-bond donors (Lipinski definition) is 0. The van der Waals surface area contributed by atoms with Gasteiger partial charge in [0.1, 0.15) is 11.6 Å². The number of nitrogens with zero attached hydrogens (tertiary/aromatic N) is 2. The summed E-state index contributed by atoms with van der Waals surface area (Å²) >= 11 is 0. The Hall–Kier alpha value is -3.52. The average Bonchev–Trinajstić information content (AvgIpc) is 2.76. The largest absolute Gasteiger partial charge is 0.493 e.